The first kappa shape index (κ1) is 14.7. The van der Waals surface area contributed by atoms with Crippen molar-refractivity contribution in [2.45, 2.75) is 19.3 Å². The second-order valence-electron chi connectivity index (χ2n) is 6.11. The minimum atomic E-state index is -0.355. The number of anilines is 1. The van der Waals surface area contributed by atoms with E-state index >= 15 is 0 Å². The Hall–Kier alpha value is -2.89. The van der Waals surface area contributed by atoms with E-state index in [-0.39, 0.29) is 10.6 Å². The number of hydrogen-bond acceptors (Lipinski definition) is 4. The van der Waals surface area contributed by atoms with Crippen LogP contribution in [-0.2, 0) is 0 Å². The Bertz CT molecular complexity index is 864. The zero-order chi connectivity index (χ0) is 16.5. The van der Waals surface area contributed by atoms with Crippen molar-refractivity contribution in [3.05, 3.63) is 52.6 Å². The lowest BCUT2D eigenvalue weighted by atomic mass is 10.1. The average molecular weight is 322 g/mol. The third-order valence-corrected chi connectivity index (χ3v) is 4.53. The highest BCUT2D eigenvalue weighted by atomic mass is 16.6. The number of nitrogens with zero attached hydrogens (tertiary/aromatic N) is 3. The number of rotatable bonds is 3. The average Bonchev–Trinajstić information content (AvgIpc) is 3.06. The molecule has 6 nitrogen and oxygen atoms in total. The van der Waals surface area contributed by atoms with Gasteiger partial charge in [-0.2, -0.15) is 0 Å². The standard InChI is InChI=1S/C18H18N4O2/c23-22(24)13-8-9-17(21-10-4-1-5-11-21)14(12-13)18-19-15-6-2-3-7-16(15)20-18/h2-3,6-9,12H,1,4-5,10-11H2,(H,19,20). The fourth-order valence-corrected chi connectivity index (χ4v) is 3.32. The van der Waals surface area contributed by atoms with Gasteiger partial charge in [0.1, 0.15) is 5.82 Å². The largest absolute Gasteiger partial charge is 0.371 e. The van der Waals surface area contributed by atoms with Crippen LogP contribution in [0.1, 0.15) is 19.3 Å². The van der Waals surface area contributed by atoms with E-state index in [1.165, 1.54) is 6.42 Å². The molecule has 122 valence electrons. The highest BCUT2D eigenvalue weighted by molar-refractivity contribution is 5.84. The second kappa shape index (κ2) is 5.96. The van der Waals surface area contributed by atoms with Gasteiger partial charge in [-0.1, -0.05) is 12.1 Å². The summed E-state index contributed by atoms with van der Waals surface area (Å²) in [5.41, 5.74) is 3.69. The Morgan fingerprint density at radius 2 is 1.88 bits per heavy atom. The van der Waals surface area contributed by atoms with Crippen LogP contribution in [-0.4, -0.2) is 28.0 Å². The molecular weight excluding hydrogens is 304 g/mol. The first-order valence-electron chi connectivity index (χ1n) is 8.21. The predicted molar refractivity (Wildman–Crippen MR) is 94.2 cm³/mol. The Morgan fingerprint density at radius 3 is 2.62 bits per heavy atom. The molecule has 0 aliphatic carbocycles. The zero-order valence-electron chi connectivity index (χ0n) is 13.2. The molecule has 1 N–H and O–H groups in total. The number of hydrogen-bond donors (Lipinski definition) is 1. The number of nitrogens with one attached hydrogen (secondary N) is 1. The normalized spacial score (nSPS) is 14.9. The summed E-state index contributed by atoms with van der Waals surface area (Å²) in [5, 5.41) is 11.2. The number of non-ortho nitro benzene ring substituents is 1. The number of benzene rings is 2. The molecule has 0 bridgehead atoms. The number of aromatic amines is 1. The number of aromatic nitrogens is 2. The lowest BCUT2D eigenvalue weighted by molar-refractivity contribution is -0.384. The minimum absolute atomic E-state index is 0.0891. The molecule has 0 unspecified atom stereocenters. The maximum Gasteiger partial charge on any atom is 0.270 e. The highest BCUT2D eigenvalue weighted by Crippen LogP contribution is 2.35. The molecular formula is C18H18N4O2. The first-order valence-corrected chi connectivity index (χ1v) is 8.21. The first-order chi connectivity index (χ1) is 11.7. The molecule has 0 saturated carbocycles. The molecule has 24 heavy (non-hydrogen) atoms. The molecule has 2 heterocycles. The van der Waals surface area contributed by atoms with Crippen LogP contribution in [0.2, 0.25) is 0 Å². The van der Waals surface area contributed by atoms with E-state index in [4.69, 9.17) is 0 Å². The number of nitro benzene ring substituents is 1. The molecule has 0 spiro atoms. The summed E-state index contributed by atoms with van der Waals surface area (Å²) < 4.78 is 0. The summed E-state index contributed by atoms with van der Waals surface area (Å²) in [5.74, 6) is 0.681. The molecule has 1 fully saturated rings. The molecule has 1 aromatic heterocycles. The summed E-state index contributed by atoms with van der Waals surface area (Å²) in [6, 6.07) is 12.8. The quantitative estimate of drug-likeness (QED) is 0.581. The van der Waals surface area contributed by atoms with Crippen molar-refractivity contribution in [2.24, 2.45) is 0 Å². The Balaban J connectivity index is 1.86. The lowest BCUT2D eigenvalue weighted by Gasteiger charge is -2.30. The number of H-pyrrole nitrogens is 1. The molecule has 1 saturated heterocycles. The van der Waals surface area contributed by atoms with Crippen LogP contribution in [0.25, 0.3) is 22.4 Å². The number of para-hydroxylation sites is 2. The molecule has 4 rings (SSSR count). The third kappa shape index (κ3) is 2.60. The van der Waals surface area contributed by atoms with Gasteiger partial charge < -0.3 is 9.88 Å². The highest BCUT2D eigenvalue weighted by Gasteiger charge is 2.20. The molecule has 1 aliphatic rings. The second-order valence-corrected chi connectivity index (χ2v) is 6.11. The van der Waals surface area contributed by atoms with Crippen LogP contribution >= 0.6 is 0 Å². The summed E-state index contributed by atoms with van der Waals surface area (Å²) >= 11 is 0. The molecule has 0 amide bonds. The summed E-state index contributed by atoms with van der Waals surface area (Å²) in [6.07, 6.45) is 3.54. The van der Waals surface area contributed by atoms with Crippen LogP contribution in [0.4, 0.5) is 11.4 Å². The van der Waals surface area contributed by atoms with Crippen molar-refractivity contribution in [1.82, 2.24) is 9.97 Å². The predicted octanol–water partition coefficient (Wildman–Crippen LogP) is 4.13. The van der Waals surface area contributed by atoms with E-state index in [1.807, 2.05) is 30.3 Å². The van der Waals surface area contributed by atoms with Gasteiger partial charge >= 0.3 is 0 Å². The third-order valence-electron chi connectivity index (χ3n) is 4.53. The number of piperidine rings is 1. The van der Waals surface area contributed by atoms with E-state index < -0.39 is 0 Å². The van der Waals surface area contributed by atoms with Gasteiger partial charge in [-0.25, -0.2) is 4.98 Å². The Kier molecular flexibility index (Phi) is 3.65. The fourth-order valence-electron chi connectivity index (χ4n) is 3.32. The van der Waals surface area contributed by atoms with Crippen molar-refractivity contribution < 1.29 is 4.92 Å². The molecule has 2 aromatic carbocycles. The van der Waals surface area contributed by atoms with Crippen LogP contribution in [0.5, 0.6) is 0 Å². The molecule has 3 aromatic rings. The topological polar surface area (TPSA) is 75.1 Å². The minimum Gasteiger partial charge on any atom is -0.371 e. The number of imidazole rings is 1. The lowest BCUT2D eigenvalue weighted by Crippen LogP contribution is -2.29. The van der Waals surface area contributed by atoms with Crippen molar-refractivity contribution in [3.8, 4) is 11.4 Å². The van der Waals surface area contributed by atoms with Gasteiger partial charge in [0.15, 0.2) is 0 Å². The molecule has 0 atom stereocenters. The van der Waals surface area contributed by atoms with Crippen molar-refractivity contribution in [3.63, 3.8) is 0 Å². The Labute approximate surface area is 139 Å². The smallest absolute Gasteiger partial charge is 0.270 e. The van der Waals surface area contributed by atoms with Crippen molar-refractivity contribution in [1.29, 1.82) is 0 Å². The molecule has 6 heteroatoms. The Morgan fingerprint density at radius 1 is 1.08 bits per heavy atom. The van der Waals surface area contributed by atoms with E-state index in [1.54, 1.807) is 12.1 Å². The number of fused-ring (bicyclic) bond motifs is 1. The van der Waals surface area contributed by atoms with E-state index in [2.05, 4.69) is 14.9 Å². The van der Waals surface area contributed by atoms with Gasteiger partial charge in [0.25, 0.3) is 5.69 Å². The van der Waals surface area contributed by atoms with Gasteiger partial charge in [-0.3, -0.25) is 10.1 Å². The van der Waals surface area contributed by atoms with E-state index in [9.17, 15) is 10.1 Å². The maximum atomic E-state index is 11.2. The van der Waals surface area contributed by atoms with Crippen LogP contribution in [0.15, 0.2) is 42.5 Å². The summed E-state index contributed by atoms with van der Waals surface area (Å²) in [4.78, 5) is 21.1. The SMILES string of the molecule is O=[N+]([O-])c1ccc(N2CCCCC2)c(-c2nc3ccccc3[nH]2)c1. The molecule has 0 radical (unpaired) electrons. The van der Waals surface area contributed by atoms with E-state index in [0.29, 0.717) is 5.82 Å². The van der Waals surface area contributed by atoms with Crippen LogP contribution in [0, 0.1) is 10.1 Å². The van der Waals surface area contributed by atoms with Crippen molar-refractivity contribution in [2.75, 3.05) is 18.0 Å². The summed E-state index contributed by atoms with van der Waals surface area (Å²) in [7, 11) is 0. The molecule has 1 aliphatic heterocycles. The van der Waals surface area contributed by atoms with E-state index in [0.717, 1.165) is 48.2 Å². The van der Waals surface area contributed by atoms with Crippen molar-refractivity contribution >= 4 is 22.4 Å². The van der Waals surface area contributed by atoms with Gasteiger partial charge in [0, 0.05) is 36.5 Å². The maximum absolute atomic E-state index is 11.2. The van der Waals surface area contributed by atoms with Gasteiger partial charge in [0.05, 0.1) is 16.0 Å². The van der Waals surface area contributed by atoms with Gasteiger partial charge in [0.2, 0.25) is 0 Å². The number of nitro groups is 1. The zero-order valence-corrected chi connectivity index (χ0v) is 13.2. The van der Waals surface area contributed by atoms with Gasteiger partial charge in [-0.05, 0) is 37.5 Å². The summed E-state index contributed by atoms with van der Waals surface area (Å²) in [6.45, 7) is 1.95. The monoisotopic (exact) mass is 322 g/mol. The van der Waals surface area contributed by atoms with Crippen LogP contribution in [0.3, 0.4) is 0 Å². The van der Waals surface area contributed by atoms with Gasteiger partial charge in [-0.15, -0.1) is 0 Å². The fraction of sp³-hybridized carbons (Fsp3) is 0.278. The van der Waals surface area contributed by atoms with Crippen LogP contribution < -0.4 is 4.90 Å².